The largest absolute Gasteiger partial charge is 0.212 e. The molecule has 0 aliphatic carbocycles. The first kappa shape index (κ1) is 8.72. The molecule has 0 heterocycles. The maximum absolute atomic E-state index is 12.2. The van der Waals surface area contributed by atoms with Crippen LogP contribution in [0.25, 0.3) is 6.08 Å². The average molecular weight is 162 g/mol. The number of rotatable bonds is 2. The summed E-state index contributed by atoms with van der Waals surface area (Å²) >= 11 is 0. The van der Waals surface area contributed by atoms with Crippen LogP contribution in [0.3, 0.4) is 0 Å². The van der Waals surface area contributed by atoms with Crippen LogP contribution < -0.4 is 0 Å². The molecule has 0 unspecified atom stereocenters. The summed E-state index contributed by atoms with van der Waals surface area (Å²) < 4.78 is 12.2. The minimum atomic E-state index is -0.179. The van der Waals surface area contributed by atoms with Crippen molar-refractivity contribution in [1.82, 2.24) is 0 Å². The molecule has 0 atom stereocenters. The van der Waals surface area contributed by atoms with Crippen molar-refractivity contribution >= 4 is 6.08 Å². The van der Waals surface area contributed by atoms with Gasteiger partial charge in [0.05, 0.1) is 5.83 Å². The first-order valence-electron chi connectivity index (χ1n) is 3.84. The second kappa shape index (κ2) is 4.50. The zero-order valence-electron chi connectivity index (χ0n) is 7.00. The van der Waals surface area contributed by atoms with Crippen LogP contribution in [-0.4, -0.2) is 0 Å². The summed E-state index contributed by atoms with van der Waals surface area (Å²) in [6.45, 7) is 1.43. The normalized spacial score (nSPS) is 12.3. The van der Waals surface area contributed by atoms with E-state index in [-0.39, 0.29) is 5.83 Å². The van der Waals surface area contributed by atoms with E-state index >= 15 is 0 Å². The van der Waals surface area contributed by atoms with Crippen LogP contribution in [0.4, 0.5) is 4.39 Å². The lowest BCUT2D eigenvalue weighted by Crippen LogP contribution is -1.66. The van der Waals surface area contributed by atoms with Gasteiger partial charge in [-0.15, -0.1) is 0 Å². The molecule has 0 aliphatic heterocycles. The van der Waals surface area contributed by atoms with Gasteiger partial charge in [-0.1, -0.05) is 42.5 Å². The molecule has 62 valence electrons. The molecular weight excluding hydrogens is 151 g/mol. The van der Waals surface area contributed by atoms with Crippen LogP contribution in [0.15, 0.2) is 48.3 Å². The fourth-order valence-corrected chi connectivity index (χ4v) is 0.856. The molecule has 0 aromatic heterocycles. The Hall–Kier alpha value is -1.37. The van der Waals surface area contributed by atoms with Crippen LogP contribution in [-0.2, 0) is 0 Å². The van der Waals surface area contributed by atoms with E-state index in [2.05, 4.69) is 0 Å². The van der Waals surface area contributed by atoms with Crippen LogP contribution in [0.2, 0.25) is 0 Å². The Labute approximate surface area is 72.0 Å². The Balaban J connectivity index is 2.64. The van der Waals surface area contributed by atoms with E-state index in [1.54, 1.807) is 6.08 Å². The van der Waals surface area contributed by atoms with Gasteiger partial charge in [-0.25, -0.2) is 4.39 Å². The first-order chi connectivity index (χ1) is 5.79. The Morgan fingerprint density at radius 1 is 1.25 bits per heavy atom. The highest BCUT2D eigenvalue weighted by molar-refractivity contribution is 5.50. The topological polar surface area (TPSA) is 0 Å². The van der Waals surface area contributed by atoms with E-state index in [0.717, 1.165) is 5.56 Å². The van der Waals surface area contributed by atoms with Crippen molar-refractivity contribution in [2.75, 3.05) is 0 Å². The Bertz CT molecular complexity index is 279. The third-order valence-electron chi connectivity index (χ3n) is 1.41. The van der Waals surface area contributed by atoms with Crippen molar-refractivity contribution in [3.8, 4) is 0 Å². The van der Waals surface area contributed by atoms with Gasteiger partial charge in [0.25, 0.3) is 0 Å². The minimum absolute atomic E-state index is 0.179. The van der Waals surface area contributed by atoms with Gasteiger partial charge in [-0.2, -0.15) is 0 Å². The van der Waals surface area contributed by atoms with Crippen molar-refractivity contribution in [3.05, 3.63) is 53.9 Å². The van der Waals surface area contributed by atoms with E-state index in [0.29, 0.717) is 0 Å². The SMILES string of the molecule is C/C(F)=C/C=C/c1ccccc1. The maximum atomic E-state index is 12.2. The van der Waals surface area contributed by atoms with Crippen molar-refractivity contribution < 1.29 is 4.39 Å². The second-order valence-corrected chi connectivity index (χ2v) is 2.52. The molecule has 0 radical (unpaired) electrons. The van der Waals surface area contributed by atoms with Gasteiger partial charge < -0.3 is 0 Å². The fourth-order valence-electron chi connectivity index (χ4n) is 0.856. The van der Waals surface area contributed by atoms with E-state index in [4.69, 9.17) is 0 Å². The molecule has 0 saturated heterocycles. The van der Waals surface area contributed by atoms with E-state index in [1.807, 2.05) is 36.4 Å². The van der Waals surface area contributed by atoms with Gasteiger partial charge >= 0.3 is 0 Å². The summed E-state index contributed by atoms with van der Waals surface area (Å²) in [4.78, 5) is 0. The van der Waals surface area contributed by atoms with Gasteiger partial charge in [0, 0.05) is 0 Å². The molecule has 0 bridgehead atoms. The number of halogens is 1. The highest BCUT2D eigenvalue weighted by Crippen LogP contribution is 2.02. The Morgan fingerprint density at radius 2 is 1.92 bits per heavy atom. The predicted octanol–water partition coefficient (Wildman–Crippen LogP) is 3.57. The summed E-state index contributed by atoms with van der Waals surface area (Å²) in [5, 5.41) is 0. The Kier molecular flexibility index (Phi) is 3.27. The van der Waals surface area contributed by atoms with Crippen molar-refractivity contribution in [2.24, 2.45) is 0 Å². The molecule has 0 amide bonds. The third kappa shape index (κ3) is 3.15. The molecular formula is C11H11F. The van der Waals surface area contributed by atoms with Crippen molar-refractivity contribution in [3.63, 3.8) is 0 Å². The molecule has 0 spiro atoms. The quantitative estimate of drug-likeness (QED) is 0.583. The highest BCUT2D eigenvalue weighted by Gasteiger charge is 1.80. The van der Waals surface area contributed by atoms with E-state index in [1.165, 1.54) is 13.0 Å². The fraction of sp³-hybridized carbons (Fsp3) is 0.0909. The van der Waals surface area contributed by atoms with Crippen LogP contribution in [0, 0.1) is 0 Å². The molecule has 1 aromatic rings. The zero-order chi connectivity index (χ0) is 8.81. The van der Waals surface area contributed by atoms with E-state index in [9.17, 15) is 4.39 Å². The van der Waals surface area contributed by atoms with Crippen molar-refractivity contribution in [1.29, 1.82) is 0 Å². The molecule has 12 heavy (non-hydrogen) atoms. The number of hydrogen-bond acceptors (Lipinski definition) is 0. The summed E-state index contributed by atoms with van der Waals surface area (Å²) in [6.07, 6.45) is 5.00. The maximum Gasteiger partial charge on any atom is 0.0968 e. The van der Waals surface area contributed by atoms with Crippen LogP contribution in [0.1, 0.15) is 12.5 Å². The van der Waals surface area contributed by atoms with Crippen LogP contribution >= 0.6 is 0 Å². The molecule has 1 aromatic carbocycles. The smallest absolute Gasteiger partial charge is 0.0968 e. The molecule has 1 heteroatoms. The van der Waals surface area contributed by atoms with E-state index < -0.39 is 0 Å². The standard InChI is InChI=1S/C11H11F/c1-10(12)6-5-9-11-7-3-2-4-8-11/h2-9H,1H3/b9-5+,10-6-. The number of allylic oxidation sites excluding steroid dienone is 3. The van der Waals surface area contributed by atoms with Gasteiger partial charge in [0.1, 0.15) is 0 Å². The average Bonchev–Trinajstić information content (AvgIpc) is 2.05. The van der Waals surface area contributed by atoms with Gasteiger partial charge in [0.15, 0.2) is 0 Å². The Morgan fingerprint density at radius 3 is 2.50 bits per heavy atom. The summed E-state index contributed by atoms with van der Waals surface area (Å²) in [5.41, 5.74) is 1.08. The predicted molar refractivity (Wildman–Crippen MR) is 50.3 cm³/mol. The second-order valence-electron chi connectivity index (χ2n) is 2.52. The summed E-state index contributed by atoms with van der Waals surface area (Å²) in [7, 11) is 0. The molecule has 0 nitrogen and oxygen atoms in total. The minimum Gasteiger partial charge on any atom is -0.212 e. The molecule has 0 N–H and O–H groups in total. The lowest BCUT2D eigenvalue weighted by molar-refractivity contribution is 0.641. The molecule has 0 fully saturated rings. The highest BCUT2D eigenvalue weighted by atomic mass is 19.1. The number of benzene rings is 1. The molecule has 1 rings (SSSR count). The summed E-state index contributed by atoms with van der Waals surface area (Å²) in [5.74, 6) is -0.179. The monoisotopic (exact) mass is 162 g/mol. The zero-order valence-corrected chi connectivity index (χ0v) is 7.00. The summed E-state index contributed by atoms with van der Waals surface area (Å²) in [6, 6.07) is 9.79. The lowest BCUT2D eigenvalue weighted by Gasteiger charge is -1.88. The van der Waals surface area contributed by atoms with Gasteiger partial charge in [0.2, 0.25) is 0 Å². The van der Waals surface area contributed by atoms with Gasteiger partial charge in [-0.05, 0) is 18.6 Å². The third-order valence-corrected chi connectivity index (χ3v) is 1.41. The van der Waals surface area contributed by atoms with Gasteiger partial charge in [-0.3, -0.25) is 0 Å². The molecule has 0 aliphatic rings. The van der Waals surface area contributed by atoms with Crippen LogP contribution in [0.5, 0.6) is 0 Å². The first-order valence-corrected chi connectivity index (χ1v) is 3.84. The van der Waals surface area contributed by atoms with Crippen molar-refractivity contribution in [2.45, 2.75) is 6.92 Å². The lowest BCUT2D eigenvalue weighted by atomic mass is 10.2. The molecule has 0 saturated carbocycles. The number of hydrogen-bond donors (Lipinski definition) is 0.